The topological polar surface area (TPSA) is 55.1 Å². The van der Waals surface area contributed by atoms with Crippen molar-refractivity contribution < 1.29 is 4.79 Å². The summed E-state index contributed by atoms with van der Waals surface area (Å²) in [7, 11) is 0. The molecule has 0 fully saturated rings. The zero-order chi connectivity index (χ0) is 13.8. The van der Waals surface area contributed by atoms with Crippen molar-refractivity contribution in [2.75, 3.05) is 11.9 Å². The first-order chi connectivity index (χ1) is 8.47. The summed E-state index contributed by atoms with van der Waals surface area (Å²) in [4.78, 5) is 12.4. The molecule has 0 saturated heterocycles. The molecule has 1 aromatic rings. The van der Waals surface area contributed by atoms with Crippen molar-refractivity contribution in [3.8, 4) is 0 Å². The Morgan fingerprint density at radius 3 is 2.06 bits per heavy atom. The zero-order valence-electron chi connectivity index (χ0n) is 11.8. The van der Waals surface area contributed by atoms with Crippen LogP contribution in [0.4, 0.5) is 5.69 Å². The number of nitrogens with two attached hydrogens (primary N) is 1. The van der Waals surface area contributed by atoms with E-state index in [9.17, 15) is 4.79 Å². The third-order valence-corrected chi connectivity index (χ3v) is 3.71. The fraction of sp³-hybridized carbons (Fsp3) is 0.533. The monoisotopic (exact) mass is 248 g/mol. The molecule has 0 atom stereocenters. The minimum atomic E-state index is -0.447. The lowest BCUT2D eigenvalue weighted by molar-refractivity contribution is -0.125. The first-order valence-electron chi connectivity index (χ1n) is 6.57. The van der Waals surface area contributed by atoms with Crippen molar-refractivity contribution in [3.05, 3.63) is 29.3 Å². The van der Waals surface area contributed by atoms with Crippen molar-refractivity contribution in [3.63, 3.8) is 0 Å². The van der Waals surface area contributed by atoms with E-state index >= 15 is 0 Å². The van der Waals surface area contributed by atoms with Crippen molar-refractivity contribution in [1.82, 2.24) is 0 Å². The van der Waals surface area contributed by atoms with Crippen molar-refractivity contribution in [2.45, 2.75) is 40.5 Å². The number of anilines is 1. The fourth-order valence-electron chi connectivity index (χ4n) is 2.26. The van der Waals surface area contributed by atoms with Gasteiger partial charge in [-0.3, -0.25) is 4.79 Å². The molecule has 0 spiro atoms. The first kappa shape index (κ1) is 14.7. The van der Waals surface area contributed by atoms with Crippen molar-refractivity contribution in [2.24, 2.45) is 11.1 Å². The van der Waals surface area contributed by atoms with Crippen LogP contribution in [0.3, 0.4) is 0 Å². The minimum Gasteiger partial charge on any atom is -0.329 e. The van der Waals surface area contributed by atoms with Crippen LogP contribution < -0.4 is 11.1 Å². The van der Waals surface area contributed by atoms with Crippen LogP contribution in [0.2, 0.25) is 0 Å². The number of carbonyl (C=O) groups excluding carboxylic acids is 1. The number of carbonyl (C=O) groups is 1. The molecule has 0 aromatic heterocycles. The number of benzene rings is 1. The lowest BCUT2D eigenvalue weighted by atomic mass is 9.81. The summed E-state index contributed by atoms with van der Waals surface area (Å²) in [5, 5.41) is 3.00. The van der Waals surface area contributed by atoms with Crippen LogP contribution in [0, 0.1) is 19.3 Å². The summed E-state index contributed by atoms with van der Waals surface area (Å²) in [5.41, 5.74) is 8.49. The maximum absolute atomic E-state index is 12.4. The Kier molecular flexibility index (Phi) is 4.91. The highest BCUT2D eigenvalue weighted by Crippen LogP contribution is 2.27. The summed E-state index contributed by atoms with van der Waals surface area (Å²) in [6.07, 6.45) is 1.52. The molecule has 18 heavy (non-hydrogen) atoms. The molecule has 0 aliphatic carbocycles. The number of hydrogen-bond acceptors (Lipinski definition) is 2. The summed E-state index contributed by atoms with van der Waals surface area (Å²) < 4.78 is 0. The molecule has 100 valence electrons. The number of rotatable bonds is 5. The molecule has 0 aliphatic heterocycles. The van der Waals surface area contributed by atoms with E-state index in [2.05, 4.69) is 11.4 Å². The molecule has 0 unspecified atom stereocenters. The Balaban J connectivity index is 2.92. The van der Waals surface area contributed by atoms with E-state index in [0.29, 0.717) is 6.54 Å². The average molecular weight is 248 g/mol. The number of nitrogens with one attached hydrogen (secondary N) is 1. The van der Waals surface area contributed by atoms with E-state index in [0.717, 1.165) is 29.7 Å². The highest BCUT2D eigenvalue weighted by atomic mass is 16.2. The number of hydrogen-bond donors (Lipinski definition) is 2. The molecule has 3 nitrogen and oxygen atoms in total. The van der Waals surface area contributed by atoms with Crippen LogP contribution in [0.25, 0.3) is 0 Å². The zero-order valence-corrected chi connectivity index (χ0v) is 11.8. The molecular weight excluding hydrogens is 224 g/mol. The molecule has 3 heteroatoms. The predicted octanol–water partition coefficient (Wildman–Crippen LogP) is 3.01. The first-order valence-corrected chi connectivity index (χ1v) is 6.57. The highest BCUT2D eigenvalue weighted by Gasteiger charge is 2.33. The van der Waals surface area contributed by atoms with Crippen LogP contribution in [-0.2, 0) is 4.79 Å². The van der Waals surface area contributed by atoms with E-state index in [1.54, 1.807) is 0 Å². The van der Waals surface area contributed by atoms with Gasteiger partial charge >= 0.3 is 0 Å². The lowest BCUT2D eigenvalue weighted by Crippen LogP contribution is -2.41. The quantitative estimate of drug-likeness (QED) is 0.841. The number of amides is 1. The van der Waals surface area contributed by atoms with Gasteiger partial charge < -0.3 is 11.1 Å². The third kappa shape index (κ3) is 3.10. The van der Waals surface area contributed by atoms with Gasteiger partial charge in [0, 0.05) is 12.2 Å². The van der Waals surface area contributed by atoms with Gasteiger partial charge in [0.15, 0.2) is 0 Å². The third-order valence-electron chi connectivity index (χ3n) is 3.71. The molecular formula is C15H24N2O. The lowest BCUT2D eigenvalue weighted by Gasteiger charge is -2.28. The summed E-state index contributed by atoms with van der Waals surface area (Å²) >= 11 is 0. The standard InChI is InChI=1S/C15H24N2O/c1-5-15(6-2,10-16)14(18)17-13-8-11(3)7-12(4)9-13/h7-9H,5-6,10,16H2,1-4H3,(H,17,18). The average Bonchev–Trinajstić information content (AvgIpc) is 2.30. The largest absolute Gasteiger partial charge is 0.329 e. The second-order valence-corrected chi connectivity index (χ2v) is 5.02. The maximum Gasteiger partial charge on any atom is 0.231 e. The fourth-order valence-corrected chi connectivity index (χ4v) is 2.26. The van der Waals surface area contributed by atoms with Gasteiger partial charge in [-0.15, -0.1) is 0 Å². The van der Waals surface area contributed by atoms with E-state index in [1.807, 2.05) is 39.8 Å². The molecule has 0 aliphatic rings. The molecule has 1 aromatic carbocycles. The Morgan fingerprint density at radius 1 is 1.17 bits per heavy atom. The summed E-state index contributed by atoms with van der Waals surface area (Å²) in [6.45, 7) is 8.46. The maximum atomic E-state index is 12.4. The van der Waals surface area contributed by atoms with Crippen LogP contribution in [0.5, 0.6) is 0 Å². The summed E-state index contributed by atoms with van der Waals surface area (Å²) in [6, 6.07) is 6.06. The molecule has 1 rings (SSSR count). The molecule has 3 N–H and O–H groups in total. The van der Waals surface area contributed by atoms with Gasteiger partial charge in [-0.1, -0.05) is 19.9 Å². The van der Waals surface area contributed by atoms with Crippen LogP contribution in [0.15, 0.2) is 18.2 Å². The van der Waals surface area contributed by atoms with E-state index in [-0.39, 0.29) is 5.91 Å². The minimum absolute atomic E-state index is 0.0278. The van der Waals surface area contributed by atoms with Crippen molar-refractivity contribution >= 4 is 11.6 Å². The number of aryl methyl sites for hydroxylation is 2. The Labute approximate surface area is 110 Å². The van der Waals surface area contributed by atoms with Gasteiger partial charge in [0.1, 0.15) is 0 Å². The van der Waals surface area contributed by atoms with Gasteiger partial charge in [0.25, 0.3) is 0 Å². The van der Waals surface area contributed by atoms with Gasteiger partial charge in [0.2, 0.25) is 5.91 Å². The van der Waals surface area contributed by atoms with Crippen LogP contribution in [0.1, 0.15) is 37.8 Å². The molecule has 0 radical (unpaired) electrons. The highest BCUT2D eigenvalue weighted by molar-refractivity contribution is 5.95. The van der Waals surface area contributed by atoms with Gasteiger partial charge in [-0.2, -0.15) is 0 Å². The van der Waals surface area contributed by atoms with E-state index in [4.69, 9.17) is 5.73 Å². The second kappa shape index (κ2) is 6.01. The summed E-state index contributed by atoms with van der Waals surface area (Å²) in [5.74, 6) is 0.0278. The second-order valence-electron chi connectivity index (χ2n) is 5.02. The Hall–Kier alpha value is -1.35. The Morgan fingerprint density at radius 2 is 1.67 bits per heavy atom. The van der Waals surface area contributed by atoms with Crippen LogP contribution >= 0.6 is 0 Å². The SMILES string of the molecule is CCC(CC)(CN)C(=O)Nc1cc(C)cc(C)c1. The Bertz CT molecular complexity index is 394. The van der Waals surface area contributed by atoms with Gasteiger partial charge in [-0.05, 0) is 49.9 Å². The van der Waals surface area contributed by atoms with E-state index in [1.165, 1.54) is 0 Å². The van der Waals surface area contributed by atoms with Crippen LogP contribution in [-0.4, -0.2) is 12.5 Å². The normalized spacial score (nSPS) is 11.4. The smallest absolute Gasteiger partial charge is 0.231 e. The molecule has 0 bridgehead atoms. The predicted molar refractivity (Wildman–Crippen MR) is 76.6 cm³/mol. The van der Waals surface area contributed by atoms with Gasteiger partial charge in [-0.25, -0.2) is 0 Å². The molecule has 0 heterocycles. The van der Waals surface area contributed by atoms with Crippen molar-refractivity contribution in [1.29, 1.82) is 0 Å². The molecule has 1 amide bonds. The molecule has 0 saturated carbocycles. The van der Waals surface area contributed by atoms with E-state index < -0.39 is 5.41 Å². The van der Waals surface area contributed by atoms with Gasteiger partial charge in [0.05, 0.1) is 5.41 Å².